The average Bonchev–Trinajstić information content (AvgIpc) is 2.62. The molecule has 2 aromatic heterocycles. The van der Waals surface area contributed by atoms with Crippen molar-refractivity contribution in [1.82, 2.24) is 15.0 Å². The van der Waals surface area contributed by atoms with E-state index >= 15 is 0 Å². The third-order valence-corrected chi connectivity index (χ3v) is 4.02. The predicted octanol–water partition coefficient (Wildman–Crippen LogP) is 3.74. The van der Waals surface area contributed by atoms with Crippen molar-refractivity contribution in [2.24, 2.45) is 0 Å². The first-order chi connectivity index (χ1) is 12.4. The lowest BCUT2D eigenvalue weighted by Crippen LogP contribution is -2.30. The van der Waals surface area contributed by atoms with Gasteiger partial charge in [-0.1, -0.05) is 23.7 Å². The summed E-state index contributed by atoms with van der Waals surface area (Å²) in [6, 6.07) is 7.58. The highest BCUT2D eigenvalue weighted by molar-refractivity contribution is 6.30. The van der Waals surface area contributed by atoms with Crippen LogP contribution in [0.3, 0.4) is 0 Å². The van der Waals surface area contributed by atoms with E-state index in [1.165, 1.54) is 30.7 Å². The number of rotatable bonds is 5. The topological polar surface area (TPSA) is 68.1 Å². The van der Waals surface area contributed by atoms with Crippen molar-refractivity contribution in [2.75, 3.05) is 0 Å². The van der Waals surface area contributed by atoms with Gasteiger partial charge in [0.25, 0.3) is 0 Å². The highest BCUT2D eigenvalue weighted by Gasteiger charge is 2.37. The molecule has 3 aromatic rings. The van der Waals surface area contributed by atoms with Crippen molar-refractivity contribution < 1.29 is 14.2 Å². The fourth-order valence-electron chi connectivity index (χ4n) is 2.61. The summed E-state index contributed by atoms with van der Waals surface area (Å²) in [5.41, 5.74) is -1.15. The minimum absolute atomic E-state index is 0.0241. The molecular formula is C19H17ClFN3O2. The van der Waals surface area contributed by atoms with Gasteiger partial charge in [-0.15, -0.1) is 0 Å². The van der Waals surface area contributed by atoms with Gasteiger partial charge in [-0.05, 0) is 32.0 Å². The van der Waals surface area contributed by atoms with E-state index in [4.69, 9.17) is 16.3 Å². The molecule has 0 aliphatic heterocycles. The van der Waals surface area contributed by atoms with Gasteiger partial charge in [-0.3, -0.25) is 4.98 Å². The third kappa shape index (κ3) is 3.52. The molecule has 26 heavy (non-hydrogen) atoms. The van der Waals surface area contributed by atoms with Crippen molar-refractivity contribution in [3.8, 4) is 6.01 Å². The van der Waals surface area contributed by atoms with Gasteiger partial charge in [0.2, 0.25) is 0 Å². The molecule has 0 fully saturated rings. The van der Waals surface area contributed by atoms with Crippen LogP contribution in [0.2, 0.25) is 5.02 Å². The van der Waals surface area contributed by atoms with Crippen LogP contribution in [-0.4, -0.2) is 26.2 Å². The number of ether oxygens (including phenoxy) is 1. The Morgan fingerprint density at radius 2 is 1.85 bits per heavy atom. The van der Waals surface area contributed by atoms with Crippen molar-refractivity contribution in [3.05, 3.63) is 82.6 Å². The van der Waals surface area contributed by atoms with Gasteiger partial charge in [0.1, 0.15) is 11.4 Å². The molecule has 1 unspecified atom stereocenters. The molecule has 3 rings (SSSR count). The molecule has 7 heteroatoms. The molecule has 0 amide bonds. The van der Waals surface area contributed by atoms with Crippen LogP contribution in [0.5, 0.6) is 6.01 Å². The number of aromatic nitrogens is 3. The summed E-state index contributed by atoms with van der Waals surface area (Å²) < 4.78 is 20.1. The maximum atomic E-state index is 14.6. The predicted molar refractivity (Wildman–Crippen MR) is 95.5 cm³/mol. The number of pyridine rings is 1. The number of aliphatic hydroxyl groups is 1. The average molecular weight is 374 g/mol. The monoisotopic (exact) mass is 373 g/mol. The second kappa shape index (κ2) is 7.35. The summed E-state index contributed by atoms with van der Waals surface area (Å²) in [6.45, 7) is 3.71. The summed E-state index contributed by atoms with van der Waals surface area (Å²) in [5.74, 6) is -0.647. The summed E-state index contributed by atoms with van der Waals surface area (Å²) in [6.07, 6.45) is 5.76. The number of halogens is 2. The van der Waals surface area contributed by atoms with Crippen molar-refractivity contribution in [3.63, 3.8) is 0 Å². The van der Waals surface area contributed by atoms with E-state index in [2.05, 4.69) is 15.0 Å². The van der Waals surface area contributed by atoms with Gasteiger partial charge in [0, 0.05) is 46.5 Å². The van der Waals surface area contributed by atoms with E-state index in [1.54, 1.807) is 18.3 Å². The Bertz CT molecular complexity index is 891. The first kappa shape index (κ1) is 18.2. The van der Waals surface area contributed by atoms with Gasteiger partial charge < -0.3 is 9.84 Å². The van der Waals surface area contributed by atoms with E-state index in [9.17, 15) is 9.50 Å². The highest BCUT2D eigenvalue weighted by atomic mass is 35.5. The number of benzene rings is 1. The van der Waals surface area contributed by atoms with Crippen molar-refractivity contribution >= 4 is 11.6 Å². The van der Waals surface area contributed by atoms with Gasteiger partial charge in [-0.2, -0.15) is 0 Å². The zero-order chi connectivity index (χ0) is 18.7. The van der Waals surface area contributed by atoms with Crippen molar-refractivity contribution in [1.29, 1.82) is 0 Å². The summed E-state index contributed by atoms with van der Waals surface area (Å²) in [4.78, 5) is 12.3. The molecule has 134 valence electrons. The second-order valence-corrected chi connectivity index (χ2v) is 6.43. The number of nitrogens with zero attached hydrogens (tertiary/aromatic N) is 3. The standard InChI is InChI=1S/C19H17ClFN3O2/c1-12(2)26-18-23-10-14(11-24-18)19(25,13-4-3-7-22-9-13)16-6-5-15(20)8-17(16)21/h3-12,25H,1-2H3. The third-order valence-electron chi connectivity index (χ3n) is 3.79. The van der Waals surface area contributed by atoms with Crippen molar-refractivity contribution in [2.45, 2.75) is 25.6 Å². The summed E-state index contributed by atoms with van der Waals surface area (Å²) >= 11 is 5.85. The molecule has 0 spiro atoms. The van der Waals surface area contributed by atoms with Crippen LogP contribution in [-0.2, 0) is 5.60 Å². The molecule has 1 aromatic carbocycles. The first-order valence-electron chi connectivity index (χ1n) is 7.99. The fourth-order valence-corrected chi connectivity index (χ4v) is 2.77. The fraction of sp³-hybridized carbons (Fsp3) is 0.211. The summed E-state index contributed by atoms with van der Waals surface area (Å²) in [5, 5.41) is 11.8. The highest BCUT2D eigenvalue weighted by Crippen LogP contribution is 2.38. The molecule has 5 nitrogen and oxygen atoms in total. The van der Waals surface area contributed by atoms with Crippen LogP contribution in [0.25, 0.3) is 0 Å². The lowest BCUT2D eigenvalue weighted by Gasteiger charge is -2.29. The van der Waals surface area contributed by atoms with Crippen LogP contribution in [0.1, 0.15) is 30.5 Å². The number of hydrogen-bond donors (Lipinski definition) is 1. The molecule has 0 saturated carbocycles. The molecule has 0 saturated heterocycles. The van der Waals surface area contributed by atoms with Gasteiger partial charge in [0.15, 0.2) is 0 Å². The van der Waals surface area contributed by atoms with Gasteiger partial charge in [-0.25, -0.2) is 14.4 Å². The maximum Gasteiger partial charge on any atom is 0.316 e. The molecule has 2 heterocycles. The Hall–Kier alpha value is -2.57. The smallest absolute Gasteiger partial charge is 0.316 e. The zero-order valence-corrected chi connectivity index (χ0v) is 15.0. The molecule has 0 bridgehead atoms. The van der Waals surface area contributed by atoms with Crippen LogP contribution in [0, 0.1) is 5.82 Å². The van der Waals surface area contributed by atoms with Crippen LogP contribution < -0.4 is 4.74 Å². The second-order valence-electron chi connectivity index (χ2n) is 6.00. The maximum absolute atomic E-state index is 14.6. The van der Waals surface area contributed by atoms with Crippen LogP contribution >= 0.6 is 11.6 Å². The Morgan fingerprint density at radius 1 is 1.12 bits per heavy atom. The van der Waals surface area contributed by atoms with E-state index in [-0.39, 0.29) is 28.3 Å². The molecular weight excluding hydrogens is 357 g/mol. The van der Waals surface area contributed by atoms with Gasteiger partial charge in [0.05, 0.1) is 6.10 Å². The molecule has 0 radical (unpaired) electrons. The van der Waals surface area contributed by atoms with Gasteiger partial charge >= 0.3 is 6.01 Å². The summed E-state index contributed by atoms with van der Waals surface area (Å²) in [7, 11) is 0. The van der Waals surface area contributed by atoms with E-state index in [0.717, 1.165) is 6.07 Å². The van der Waals surface area contributed by atoms with Crippen LogP contribution in [0.15, 0.2) is 55.1 Å². The Morgan fingerprint density at radius 3 is 2.42 bits per heavy atom. The first-order valence-corrected chi connectivity index (χ1v) is 8.36. The van der Waals surface area contributed by atoms with E-state index in [0.29, 0.717) is 5.56 Å². The molecule has 1 atom stereocenters. The lowest BCUT2D eigenvalue weighted by atomic mass is 9.82. The van der Waals surface area contributed by atoms with E-state index < -0.39 is 11.4 Å². The Kier molecular flexibility index (Phi) is 5.15. The zero-order valence-electron chi connectivity index (χ0n) is 14.2. The molecule has 1 N–H and O–H groups in total. The Labute approximate surface area is 155 Å². The lowest BCUT2D eigenvalue weighted by molar-refractivity contribution is 0.119. The SMILES string of the molecule is CC(C)Oc1ncc(C(O)(c2cccnc2)c2ccc(Cl)cc2F)cn1. The minimum Gasteiger partial charge on any atom is -0.461 e. The molecule has 0 aliphatic rings. The quantitative estimate of drug-likeness (QED) is 0.738. The molecule has 0 aliphatic carbocycles. The normalized spacial score (nSPS) is 13.5. The van der Waals surface area contributed by atoms with Crippen LogP contribution in [0.4, 0.5) is 4.39 Å². The Balaban J connectivity index is 2.15. The minimum atomic E-state index is -1.83. The van der Waals surface area contributed by atoms with E-state index in [1.807, 2.05) is 13.8 Å². The largest absolute Gasteiger partial charge is 0.461 e. The number of hydrogen-bond acceptors (Lipinski definition) is 5.